The molecule has 1 aromatic heterocycles. The number of carbonyl (C=O) groups excluding carboxylic acids is 2. The number of amides is 2. The molecule has 0 radical (unpaired) electrons. The van der Waals surface area contributed by atoms with Crippen LogP contribution in [0, 0.1) is 0 Å². The van der Waals surface area contributed by atoms with E-state index in [1.165, 1.54) is 25.1 Å². The van der Waals surface area contributed by atoms with Gasteiger partial charge in [0.2, 0.25) is 5.91 Å². The van der Waals surface area contributed by atoms with Gasteiger partial charge in [0.1, 0.15) is 12.4 Å². The first-order chi connectivity index (χ1) is 13.6. The van der Waals surface area contributed by atoms with Crippen LogP contribution < -0.4 is 10.7 Å². The van der Waals surface area contributed by atoms with E-state index < -0.39 is 0 Å². The number of ether oxygens (including phenoxy) is 1. The fourth-order valence-electron chi connectivity index (χ4n) is 2.41. The summed E-state index contributed by atoms with van der Waals surface area (Å²) in [6.45, 7) is -0.0666. The number of hydrogen-bond acceptors (Lipinski definition) is 6. The second kappa shape index (κ2) is 9.72. The summed E-state index contributed by atoms with van der Waals surface area (Å²) in [7, 11) is 1.43. The highest BCUT2D eigenvalue weighted by molar-refractivity contribution is 7.99. The van der Waals surface area contributed by atoms with Crippen molar-refractivity contribution in [2.75, 3.05) is 24.8 Å². The van der Waals surface area contributed by atoms with Crippen LogP contribution in [0.15, 0.2) is 69.2 Å². The first kappa shape index (κ1) is 19.7. The quantitative estimate of drug-likeness (QED) is 0.346. The zero-order chi connectivity index (χ0) is 19.8. The lowest BCUT2D eigenvalue weighted by Gasteiger charge is -2.06. The van der Waals surface area contributed by atoms with Crippen LogP contribution in [0.3, 0.4) is 0 Å². The molecule has 0 atom stereocenters. The van der Waals surface area contributed by atoms with Gasteiger partial charge < -0.3 is 14.5 Å². The van der Waals surface area contributed by atoms with Crippen LogP contribution in [0.4, 0.5) is 5.69 Å². The Bertz CT molecular complexity index is 1000. The summed E-state index contributed by atoms with van der Waals surface area (Å²) in [6.07, 6.45) is 1.38. The molecule has 0 spiro atoms. The Labute approximate surface area is 166 Å². The molecule has 2 N–H and O–H groups in total. The third-order valence-corrected chi connectivity index (χ3v) is 4.55. The largest absolute Gasteiger partial charge is 0.449 e. The van der Waals surface area contributed by atoms with Gasteiger partial charge in [-0.05, 0) is 35.0 Å². The van der Waals surface area contributed by atoms with Crippen molar-refractivity contribution in [1.82, 2.24) is 5.43 Å². The minimum atomic E-state index is -0.356. The Morgan fingerprint density at radius 1 is 1.11 bits per heavy atom. The van der Waals surface area contributed by atoms with E-state index in [1.807, 2.05) is 42.5 Å². The molecule has 0 saturated heterocycles. The lowest BCUT2D eigenvalue weighted by Crippen LogP contribution is -2.22. The predicted molar refractivity (Wildman–Crippen MR) is 110 cm³/mol. The maximum Gasteiger partial charge on any atom is 0.266 e. The number of rotatable bonds is 8. The van der Waals surface area contributed by atoms with E-state index in [9.17, 15) is 9.59 Å². The van der Waals surface area contributed by atoms with E-state index >= 15 is 0 Å². The first-order valence-electron chi connectivity index (χ1n) is 8.46. The van der Waals surface area contributed by atoms with Gasteiger partial charge in [-0.1, -0.05) is 42.1 Å². The van der Waals surface area contributed by atoms with Crippen molar-refractivity contribution in [3.63, 3.8) is 0 Å². The number of methoxy groups -OCH3 is 1. The number of hydrogen-bond donors (Lipinski definition) is 2. The summed E-state index contributed by atoms with van der Waals surface area (Å²) in [5.74, 6) is 0.195. The van der Waals surface area contributed by atoms with Gasteiger partial charge in [-0.3, -0.25) is 9.59 Å². The highest BCUT2D eigenvalue weighted by atomic mass is 32.2. The molecule has 0 bridgehead atoms. The van der Waals surface area contributed by atoms with Crippen molar-refractivity contribution >= 4 is 46.3 Å². The van der Waals surface area contributed by atoms with Gasteiger partial charge in [-0.15, -0.1) is 0 Å². The smallest absolute Gasteiger partial charge is 0.266 e. The Morgan fingerprint density at radius 3 is 2.75 bits per heavy atom. The van der Waals surface area contributed by atoms with Crippen LogP contribution in [0.2, 0.25) is 0 Å². The number of benzene rings is 2. The fraction of sp³-hybridized carbons (Fsp3) is 0.150. The number of nitrogens with one attached hydrogen (secondary N) is 2. The van der Waals surface area contributed by atoms with Crippen molar-refractivity contribution < 1.29 is 18.7 Å². The minimum absolute atomic E-state index is 0.0666. The summed E-state index contributed by atoms with van der Waals surface area (Å²) in [5, 5.41) is 9.42. The highest BCUT2D eigenvalue weighted by Gasteiger charge is 2.07. The molecule has 28 heavy (non-hydrogen) atoms. The standard InChI is InChI=1S/C20H19N3O4S/c1-26-12-18(24)23-21-11-17-8-9-20(27-17)28-13-19(25)22-16-7-6-14-4-2-3-5-15(14)10-16/h2-11H,12-13H2,1H3,(H,22,25)(H,23,24)/b21-11+. The van der Waals surface area contributed by atoms with Crippen LogP contribution in [-0.4, -0.2) is 37.5 Å². The molecule has 0 unspecified atom stereocenters. The van der Waals surface area contributed by atoms with Gasteiger partial charge in [0, 0.05) is 12.8 Å². The van der Waals surface area contributed by atoms with Crippen molar-refractivity contribution in [2.24, 2.45) is 5.10 Å². The normalized spacial score (nSPS) is 11.0. The molecule has 0 fully saturated rings. The number of fused-ring (bicyclic) bond motifs is 1. The minimum Gasteiger partial charge on any atom is -0.449 e. The van der Waals surface area contributed by atoms with E-state index in [2.05, 4.69) is 20.6 Å². The second-order valence-electron chi connectivity index (χ2n) is 5.78. The molecule has 3 aromatic rings. The van der Waals surface area contributed by atoms with Crippen LogP contribution >= 0.6 is 11.8 Å². The number of furan rings is 1. The van der Waals surface area contributed by atoms with Crippen molar-refractivity contribution in [3.05, 3.63) is 60.4 Å². The highest BCUT2D eigenvalue weighted by Crippen LogP contribution is 2.22. The third-order valence-electron chi connectivity index (χ3n) is 3.64. The summed E-state index contributed by atoms with van der Waals surface area (Å²) in [6, 6.07) is 17.2. The molecule has 0 aliphatic heterocycles. The summed E-state index contributed by atoms with van der Waals surface area (Å²) < 4.78 is 10.2. The molecule has 0 aliphatic carbocycles. The maximum absolute atomic E-state index is 12.2. The van der Waals surface area contributed by atoms with E-state index in [0.717, 1.165) is 16.5 Å². The van der Waals surface area contributed by atoms with Crippen LogP contribution in [0.5, 0.6) is 0 Å². The van der Waals surface area contributed by atoms with Gasteiger partial charge >= 0.3 is 0 Å². The van der Waals surface area contributed by atoms with Gasteiger partial charge in [0.15, 0.2) is 5.09 Å². The molecular formula is C20H19N3O4S. The monoisotopic (exact) mass is 397 g/mol. The topological polar surface area (TPSA) is 92.9 Å². The lowest BCUT2D eigenvalue weighted by atomic mass is 10.1. The SMILES string of the molecule is COCC(=O)N/N=C/c1ccc(SCC(=O)Nc2ccc3ccccc3c2)o1. The molecule has 0 saturated carbocycles. The van der Waals surface area contributed by atoms with Gasteiger partial charge in [0.05, 0.1) is 12.0 Å². The molecule has 0 aliphatic rings. The van der Waals surface area contributed by atoms with Crippen LogP contribution in [0.25, 0.3) is 10.8 Å². The zero-order valence-corrected chi connectivity index (χ0v) is 16.0. The number of thioether (sulfide) groups is 1. The average molecular weight is 397 g/mol. The zero-order valence-electron chi connectivity index (χ0n) is 15.2. The number of hydrazone groups is 1. The van der Waals surface area contributed by atoms with E-state index in [4.69, 9.17) is 4.42 Å². The average Bonchev–Trinajstić information content (AvgIpc) is 3.14. The van der Waals surface area contributed by atoms with E-state index in [-0.39, 0.29) is 24.2 Å². The number of nitrogens with zero attached hydrogens (tertiary/aromatic N) is 1. The van der Waals surface area contributed by atoms with Crippen molar-refractivity contribution in [2.45, 2.75) is 5.09 Å². The molecule has 8 heteroatoms. The molecule has 7 nitrogen and oxygen atoms in total. The van der Waals surface area contributed by atoms with E-state index in [1.54, 1.807) is 12.1 Å². The Hall–Kier alpha value is -3.10. The number of anilines is 1. The summed E-state index contributed by atoms with van der Waals surface area (Å²) in [4.78, 5) is 23.4. The van der Waals surface area contributed by atoms with Crippen molar-refractivity contribution in [3.8, 4) is 0 Å². The van der Waals surface area contributed by atoms with E-state index in [0.29, 0.717) is 10.9 Å². The molecular weight excluding hydrogens is 378 g/mol. The van der Waals surface area contributed by atoms with Crippen LogP contribution in [0.1, 0.15) is 5.76 Å². The Kier molecular flexibility index (Phi) is 6.83. The van der Waals surface area contributed by atoms with Gasteiger partial charge in [-0.2, -0.15) is 5.10 Å². The van der Waals surface area contributed by atoms with Crippen molar-refractivity contribution in [1.29, 1.82) is 0 Å². The number of carbonyl (C=O) groups is 2. The molecule has 1 heterocycles. The molecule has 3 rings (SSSR count). The van der Waals surface area contributed by atoms with Gasteiger partial charge in [0.25, 0.3) is 5.91 Å². The summed E-state index contributed by atoms with van der Waals surface area (Å²) in [5.41, 5.74) is 3.06. The maximum atomic E-state index is 12.2. The third kappa shape index (κ3) is 5.70. The fourth-order valence-corrected chi connectivity index (χ4v) is 3.08. The second-order valence-corrected chi connectivity index (χ2v) is 6.76. The summed E-state index contributed by atoms with van der Waals surface area (Å²) >= 11 is 1.27. The van der Waals surface area contributed by atoms with Crippen LogP contribution in [-0.2, 0) is 14.3 Å². The predicted octanol–water partition coefficient (Wildman–Crippen LogP) is 3.26. The first-order valence-corrected chi connectivity index (χ1v) is 9.45. The Balaban J connectivity index is 1.48. The Morgan fingerprint density at radius 2 is 1.93 bits per heavy atom. The van der Waals surface area contributed by atoms with Gasteiger partial charge in [-0.25, -0.2) is 5.43 Å². The molecule has 2 amide bonds. The lowest BCUT2D eigenvalue weighted by molar-refractivity contribution is -0.124. The molecule has 144 valence electrons. The molecule has 2 aromatic carbocycles.